The molecule has 7 heteroatoms. The number of carbonyl (C=O) groups excluding carboxylic acids is 2. The van der Waals surface area contributed by atoms with Crippen molar-refractivity contribution < 1.29 is 14.0 Å². The number of thioether (sulfide) groups is 1. The number of amides is 2. The largest absolute Gasteiger partial charge is 0.467 e. The summed E-state index contributed by atoms with van der Waals surface area (Å²) in [6.07, 6.45) is 5.04. The van der Waals surface area contributed by atoms with Crippen LogP contribution in [0.25, 0.3) is 0 Å². The molecule has 0 fully saturated rings. The second-order valence-electron chi connectivity index (χ2n) is 5.72. The lowest BCUT2D eigenvalue weighted by molar-refractivity contribution is -0.117. The van der Waals surface area contributed by atoms with E-state index in [1.807, 2.05) is 24.5 Å². The van der Waals surface area contributed by atoms with Crippen LogP contribution in [0, 0.1) is 0 Å². The Bertz CT molecular complexity index is 898. The van der Waals surface area contributed by atoms with Gasteiger partial charge < -0.3 is 14.6 Å². The zero-order valence-corrected chi connectivity index (χ0v) is 15.6. The third-order valence-corrected chi connectivity index (χ3v) is 4.51. The van der Waals surface area contributed by atoms with E-state index in [1.165, 1.54) is 16.7 Å². The summed E-state index contributed by atoms with van der Waals surface area (Å²) < 4.78 is 5.36. The van der Waals surface area contributed by atoms with Crippen molar-refractivity contribution in [3.63, 3.8) is 0 Å². The topological polar surface area (TPSA) is 75.4 Å². The van der Waals surface area contributed by atoms with Crippen molar-refractivity contribution in [1.29, 1.82) is 0 Å². The molecule has 1 N–H and O–H groups in total. The molecule has 1 aromatic carbocycles. The lowest BCUT2D eigenvalue weighted by Gasteiger charge is -2.22. The second kappa shape index (κ2) is 9.05. The number of rotatable bonds is 7. The zero-order valence-electron chi connectivity index (χ0n) is 14.8. The molecule has 2 aromatic heterocycles. The number of hydrogen-bond acceptors (Lipinski definition) is 5. The number of nitrogens with one attached hydrogen (secondary N) is 1. The number of aromatic nitrogens is 1. The third kappa shape index (κ3) is 4.98. The first-order valence-corrected chi connectivity index (χ1v) is 9.55. The van der Waals surface area contributed by atoms with Crippen molar-refractivity contribution in [2.24, 2.45) is 0 Å². The molecule has 3 aromatic rings. The maximum atomic E-state index is 13.1. The molecule has 0 saturated heterocycles. The van der Waals surface area contributed by atoms with Crippen LogP contribution in [-0.4, -0.2) is 34.5 Å². The summed E-state index contributed by atoms with van der Waals surface area (Å²) in [6, 6.07) is 16.1. The average molecular weight is 381 g/mol. The molecule has 0 radical (unpaired) electrons. The van der Waals surface area contributed by atoms with Gasteiger partial charge in [-0.1, -0.05) is 18.2 Å². The van der Waals surface area contributed by atoms with Gasteiger partial charge in [0.2, 0.25) is 5.91 Å². The van der Waals surface area contributed by atoms with Gasteiger partial charge in [0, 0.05) is 11.9 Å². The number of nitrogens with zero attached hydrogens (tertiary/aromatic N) is 2. The Kier molecular flexibility index (Phi) is 6.27. The minimum absolute atomic E-state index is 0.100. The smallest absolute Gasteiger partial charge is 0.257 e. The van der Waals surface area contributed by atoms with Crippen LogP contribution < -0.4 is 5.32 Å². The lowest BCUT2D eigenvalue weighted by atomic mass is 10.2. The van der Waals surface area contributed by atoms with Gasteiger partial charge in [-0.05, 0) is 42.7 Å². The first kappa shape index (κ1) is 18.7. The van der Waals surface area contributed by atoms with Gasteiger partial charge in [0.15, 0.2) is 0 Å². The van der Waals surface area contributed by atoms with Crippen molar-refractivity contribution in [2.45, 2.75) is 11.6 Å². The highest BCUT2D eigenvalue weighted by molar-refractivity contribution is 7.98. The Morgan fingerprint density at radius 2 is 1.93 bits per heavy atom. The molecule has 138 valence electrons. The number of pyridine rings is 1. The summed E-state index contributed by atoms with van der Waals surface area (Å²) in [5.41, 5.74) is 1.14. The maximum absolute atomic E-state index is 13.1. The third-order valence-electron chi connectivity index (χ3n) is 3.80. The van der Waals surface area contributed by atoms with Crippen molar-refractivity contribution in [1.82, 2.24) is 9.88 Å². The van der Waals surface area contributed by atoms with Gasteiger partial charge >= 0.3 is 0 Å². The summed E-state index contributed by atoms with van der Waals surface area (Å²) in [5, 5.41) is 3.42. The van der Waals surface area contributed by atoms with E-state index < -0.39 is 0 Å². The summed E-state index contributed by atoms with van der Waals surface area (Å²) in [4.78, 5) is 31.3. The number of benzene rings is 1. The molecule has 6 nitrogen and oxygen atoms in total. The van der Waals surface area contributed by atoms with Gasteiger partial charge in [0.1, 0.15) is 17.3 Å². The molecule has 0 spiro atoms. The molecule has 0 aliphatic rings. The first-order chi connectivity index (χ1) is 13.2. The lowest BCUT2D eigenvalue weighted by Crippen LogP contribution is -2.37. The van der Waals surface area contributed by atoms with Crippen LogP contribution in [0.3, 0.4) is 0 Å². The molecule has 0 bridgehead atoms. The molecule has 0 unspecified atom stereocenters. The Balaban J connectivity index is 1.80. The number of hydrogen-bond donors (Lipinski definition) is 1. The van der Waals surface area contributed by atoms with Gasteiger partial charge in [0.05, 0.1) is 18.4 Å². The fourth-order valence-corrected chi connectivity index (χ4v) is 3.11. The number of anilines is 1. The summed E-state index contributed by atoms with van der Waals surface area (Å²) in [6.45, 7) is 0.0912. The van der Waals surface area contributed by atoms with Crippen molar-refractivity contribution in [2.75, 3.05) is 18.1 Å². The molecule has 27 heavy (non-hydrogen) atoms. The van der Waals surface area contributed by atoms with Crippen molar-refractivity contribution >= 4 is 29.3 Å². The summed E-state index contributed by atoms with van der Waals surface area (Å²) in [5.74, 6) is 0.0493. The van der Waals surface area contributed by atoms with Gasteiger partial charge in [-0.2, -0.15) is 0 Å². The van der Waals surface area contributed by atoms with E-state index in [4.69, 9.17) is 4.42 Å². The Morgan fingerprint density at radius 1 is 1.11 bits per heavy atom. The fraction of sp³-hybridized carbons (Fsp3) is 0.150. The normalized spacial score (nSPS) is 10.4. The minimum atomic E-state index is -0.282. The van der Waals surface area contributed by atoms with Crippen molar-refractivity contribution in [3.05, 3.63) is 78.4 Å². The number of furan rings is 1. The van der Waals surface area contributed by atoms with Crippen LogP contribution in [0.2, 0.25) is 0 Å². The standard InChI is InChI=1S/C20H19N3O3S/c1-27-19-17(10-5-11-21-19)20(25)23(13-16-9-6-12-26-16)14-18(24)22-15-7-3-2-4-8-15/h2-12H,13-14H2,1H3,(H,22,24). The minimum Gasteiger partial charge on any atom is -0.467 e. The predicted molar refractivity (Wildman–Crippen MR) is 105 cm³/mol. The van der Waals surface area contributed by atoms with E-state index in [-0.39, 0.29) is 24.9 Å². The van der Waals surface area contributed by atoms with E-state index in [2.05, 4.69) is 10.3 Å². The van der Waals surface area contributed by atoms with Gasteiger partial charge in [-0.15, -0.1) is 11.8 Å². The van der Waals surface area contributed by atoms with E-state index >= 15 is 0 Å². The molecule has 0 aliphatic carbocycles. The molecular formula is C20H19N3O3S. The molecular weight excluding hydrogens is 362 g/mol. The monoisotopic (exact) mass is 381 g/mol. The quantitative estimate of drug-likeness (QED) is 0.632. The maximum Gasteiger partial charge on any atom is 0.257 e. The molecule has 2 heterocycles. The summed E-state index contributed by atoms with van der Waals surface area (Å²) >= 11 is 1.39. The van der Waals surface area contributed by atoms with Gasteiger partial charge in [-0.3, -0.25) is 9.59 Å². The van der Waals surface area contributed by atoms with E-state index in [9.17, 15) is 9.59 Å². The fourth-order valence-electron chi connectivity index (χ4n) is 2.57. The predicted octanol–water partition coefficient (Wildman–Crippen LogP) is 3.68. The van der Waals surface area contributed by atoms with Crippen LogP contribution in [-0.2, 0) is 11.3 Å². The van der Waals surface area contributed by atoms with Crippen LogP contribution in [0.5, 0.6) is 0 Å². The Morgan fingerprint density at radius 3 is 2.63 bits per heavy atom. The van der Waals surface area contributed by atoms with E-state index in [0.29, 0.717) is 22.0 Å². The van der Waals surface area contributed by atoms with Crippen LogP contribution >= 0.6 is 11.8 Å². The van der Waals surface area contributed by atoms with Crippen LogP contribution in [0.4, 0.5) is 5.69 Å². The van der Waals surface area contributed by atoms with Gasteiger partial charge in [0.25, 0.3) is 5.91 Å². The molecule has 0 saturated carbocycles. The highest BCUT2D eigenvalue weighted by Crippen LogP contribution is 2.20. The molecule has 2 amide bonds. The number of carbonyl (C=O) groups is 2. The average Bonchev–Trinajstić information content (AvgIpc) is 3.20. The highest BCUT2D eigenvalue weighted by atomic mass is 32.2. The van der Waals surface area contributed by atoms with E-state index in [1.54, 1.807) is 48.9 Å². The Labute approximate surface area is 161 Å². The molecule has 3 rings (SSSR count). The van der Waals surface area contributed by atoms with Crippen LogP contribution in [0.15, 0.2) is 76.5 Å². The zero-order chi connectivity index (χ0) is 19.1. The molecule has 0 aliphatic heterocycles. The first-order valence-electron chi connectivity index (χ1n) is 8.33. The second-order valence-corrected chi connectivity index (χ2v) is 6.51. The highest BCUT2D eigenvalue weighted by Gasteiger charge is 2.23. The SMILES string of the molecule is CSc1ncccc1C(=O)N(CC(=O)Nc1ccccc1)Cc1ccco1. The van der Waals surface area contributed by atoms with Crippen LogP contribution in [0.1, 0.15) is 16.1 Å². The molecule has 0 atom stereocenters. The van der Waals surface area contributed by atoms with Gasteiger partial charge in [-0.25, -0.2) is 4.98 Å². The Hall–Kier alpha value is -3.06. The number of para-hydroxylation sites is 1. The van der Waals surface area contributed by atoms with Crippen molar-refractivity contribution in [3.8, 4) is 0 Å². The summed E-state index contributed by atoms with van der Waals surface area (Å²) in [7, 11) is 0. The van der Waals surface area contributed by atoms with E-state index in [0.717, 1.165) is 0 Å².